The Balaban J connectivity index is 2.09. The van der Waals surface area contributed by atoms with Crippen LogP contribution < -0.4 is 4.90 Å². The van der Waals surface area contributed by atoms with Crippen molar-refractivity contribution in [3.05, 3.63) is 59.4 Å². The number of rotatable bonds is 13. The number of hydrogen-bond donors (Lipinski definition) is 0. The molecule has 2 rings (SSSR count). The standard InChI is InChI=1S/C27H39FN2OS/c1-7-26(8-2,32-28)19-20-31-27(9-3,10-4)25-18-15-23(21-29-25)12-11-22-13-16-24(17-14-22)30(5)6/h11-18,21H,7-10,19-20H2,1-6H3/b12-11+. The normalized spacial score (nSPS) is 12.5. The largest absolute Gasteiger partial charge is 0.378 e. The summed E-state index contributed by atoms with van der Waals surface area (Å²) in [7, 11) is 4.08. The van der Waals surface area contributed by atoms with E-state index in [1.165, 1.54) is 5.69 Å². The highest BCUT2D eigenvalue weighted by Gasteiger charge is 2.33. The maximum absolute atomic E-state index is 13.6. The molecule has 0 amide bonds. The molecule has 0 aliphatic rings. The van der Waals surface area contributed by atoms with Gasteiger partial charge >= 0.3 is 0 Å². The Labute approximate surface area is 198 Å². The first-order valence-electron chi connectivity index (χ1n) is 11.7. The molecule has 0 N–H and O–H groups in total. The summed E-state index contributed by atoms with van der Waals surface area (Å²) in [5.74, 6) is 0. The van der Waals surface area contributed by atoms with Gasteiger partial charge in [0.05, 0.1) is 17.8 Å². The zero-order chi connectivity index (χ0) is 23.6. The fourth-order valence-corrected chi connectivity index (χ4v) is 4.30. The zero-order valence-corrected chi connectivity index (χ0v) is 21.3. The summed E-state index contributed by atoms with van der Waals surface area (Å²) < 4.78 is 19.6. The van der Waals surface area contributed by atoms with Gasteiger partial charge in [-0.15, -0.1) is 0 Å². The van der Waals surface area contributed by atoms with Crippen LogP contribution in [0.5, 0.6) is 0 Å². The molecular formula is C27H39FN2OS. The van der Waals surface area contributed by atoms with Crippen LogP contribution in [0.25, 0.3) is 12.2 Å². The predicted octanol–water partition coefficient (Wildman–Crippen LogP) is 7.92. The van der Waals surface area contributed by atoms with Crippen molar-refractivity contribution >= 4 is 30.0 Å². The van der Waals surface area contributed by atoms with Crippen LogP contribution in [-0.4, -0.2) is 30.4 Å². The molecule has 0 saturated carbocycles. The molecule has 1 heterocycles. The fourth-order valence-electron chi connectivity index (χ4n) is 3.92. The van der Waals surface area contributed by atoms with E-state index in [1.807, 2.05) is 34.1 Å². The Bertz CT molecular complexity index is 817. The Kier molecular flexibility index (Phi) is 10.2. The lowest BCUT2D eigenvalue weighted by Crippen LogP contribution is -2.32. The predicted molar refractivity (Wildman–Crippen MR) is 139 cm³/mol. The first kappa shape index (κ1) is 26.4. The highest BCUT2D eigenvalue weighted by atomic mass is 32.2. The molecule has 0 unspecified atom stereocenters. The molecule has 32 heavy (non-hydrogen) atoms. The highest BCUT2D eigenvalue weighted by Crippen LogP contribution is 2.38. The maximum atomic E-state index is 13.6. The molecule has 1 aromatic carbocycles. The van der Waals surface area contributed by atoms with Crippen molar-refractivity contribution in [3.8, 4) is 0 Å². The average Bonchev–Trinajstić information content (AvgIpc) is 2.84. The fraction of sp³-hybridized carbons (Fsp3) is 0.519. The van der Waals surface area contributed by atoms with Crippen molar-refractivity contribution in [2.45, 2.75) is 70.1 Å². The summed E-state index contributed by atoms with van der Waals surface area (Å²) in [6.07, 6.45) is 10.1. The summed E-state index contributed by atoms with van der Waals surface area (Å²) in [4.78, 5) is 6.85. The van der Waals surface area contributed by atoms with Crippen LogP contribution in [0.3, 0.4) is 0 Å². The number of nitrogens with zero attached hydrogens (tertiary/aromatic N) is 2. The number of aromatic nitrogens is 1. The van der Waals surface area contributed by atoms with Gasteiger partial charge in [0.25, 0.3) is 0 Å². The number of anilines is 1. The van der Waals surface area contributed by atoms with E-state index in [9.17, 15) is 3.89 Å². The van der Waals surface area contributed by atoms with Gasteiger partial charge in [-0.05, 0) is 61.4 Å². The van der Waals surface area contributed by atoms with Crippen LogP contribution in [0.2, 0.25) is 0 Å². The Morgan fingerprint density at radius 1 is 0.906 bits per heavy atom. The number of hydrogen-bond acceptors (Lipinski definition) is 4. The van der Waals surface area contributed by atoms with E-state index in [0.717, 1.165) is 42.5 Å². The van der Waals surface area contributed by atoms with Crippen molar-refractivity contribution in [2.24, 2.45) is 0 Å². The molecule has 0 radical (unpaired) electrons. The third kappa shape index (κ3) is 6.58. The van der Waals surface area contributed by atoms with Gasteiger partial charge in [-0.3, -0.25) is 4.98 Å². The van der Waals surface area contributed by atoms with E-state index >= 15 is 0 Å². The monoisotopic (exact) mass is 458 g/mol. The maximum Gasteiger partial charge on any atom is 0.109 e. The number of pyridine rings is 1. The van der Waals surface area contributed by atoms with Gasteiger partial charge in [-0.25, -0.2) is 0 Å². The molecule has 176 valence electrons. The van der Waals surface area contributed by atoms with Crippen molar-refractivity contribution in [1.82, 2.24) is 4.98 Å². The minimum absolute atomic E-state index is 0.347. The van der Waals surface area contributed by atoms with E-state index in [0.29, 0.717) is 25.2 Å². The first-order chi connectivity index (χ1) is 15.4. The second-order valence-corrected chi connectivity index (χ2v) is 9.58. The van der Waals surface area contributed by atoms with Crippen LogP contribution >= 0.6 is 12.1 Å². The number of benzene rings is 1. The molecule has 0 aliphatic heterocycles. The van der Waals surface area contributed by atoms with E-state index in [4.69, 9.17) is 9.72 Å². The summed E-state index contributed by atoms with van der Waals surface area (Å²) in [5.41, 5.74) is 3.90. The van der Waals surface area contributed by atoms with Crippen molar-refractivity contribution in [2.75, 3.05) is 25.6 Å². The molecule has 2 aromatic rings. The second-order valence-electron chi connectivity index (χ2n) is 8.56. The lowest BCUT2D eigenvalue weighted by atomic mass is 9.91. The highest BCUT2D eigenvalue weighted by molar-refractivity contribution is 7.95. The van der Waals surface area contributed by atoms with Crippen molar-refractivity contribution < 1.29 is 8.62 Å². The van der Waals surface area contributed by atoms with Gasteiger partial charge < -0.3 is 9.64 Å². The van der Waals surface area contributed by atoms with Crippen LogP contribution in [0.15, 0.2) is 42.6 Å². The molecule has 0 fully saturated rings. The second kappa shape index (κ2) is 12.4. The van der Waals surface area contributed by atoms with Gasteiger partial charge in [0, 0.05) is 37.3 Å². The minimum atomic E-state index is -0.432. The summed E-state index contributed by atoms with van der Waals surface area (Å²) in [5, 5.41) is 0. The van der Waals surface area contributed by atoms with E-state index in [-0.39, 0.29) is 4.75 Å². The third-order valence-corrected chi connectivity index (χ3v) is 7.77. The van der Waals surface area contributed by atoms with Crippen molar-refractivity contribution in [1.29, 1.82) is 0 Å². The third-order valence-electron chi connectivity index (χ3n) is 6.66. The molecule has 0 atom stereocenters. The Morgan fingerprint density at radius 2 is 1.50 bits per heavy atom. The zero-order valence-electron chi connectivity index (χ0n) is 20.5. The minimum Gasteiger partial charge on any atom is -0.378 e. The topological polar surface area (TPSA) is 25.4 Å². The SMILES string of the molecule is CCC(CC)(CCOC(CC)(CC)c1ccc(/C=C/c2ccc(N(C)C)cc2)cn1)SF. The lowest BCUT2D eigenvalue weighted by molar-refractivity contribution is -0.0635. The molecule has 0 spiro atoms. The molecule has 0 bridgehead atoms. The summed E-state index contributed by atoms with van der Waals surface area (Å²) in [6.45, 7) is 8.90. The molecular weight excluding hydrogens is 419 g/mol. The Morgan fingerprint density at radius 3 is 1.97 bits per heavy atom. The van der Waals surface area contributed by atoms with Crippen LogP contribution in [-0.2, 0) is 10.3 Å². The average molecular weight is 459 g/mol. The van der Waals surface area contributed by atoms with Gasteiger partial charge in [0.15, 0.2) is 0 Å². The lowest BCUT2D eigenvalue weighted by Gasteiger charge is -2.34. The van der Waals surface area contributed by atoms with Crippen LogP contribution in [0.4, 0.5) is 9.57 Å². The number of ether oxygens (including phenoxy) is 1. The van der Waals surface area contributed by atoms with E-state index < -0.39 is 5.60 Å². The molecule has 0 aliphatic carbocycles. The molecule has 1 aromatic heterocycles. The van der Waals surface area contributed by atoms with E-state index in [1.54, 1.807) is 0 Å². The quantitative estimate of drug-likeness (QED) is 0.304. The summed E-state index contributed by atoms with van der Waals surface area (Å²) in [6, 6.07) is 12.6. The molecule has 5 heteroatoms. The van der Waals surface area contributed by atoms with Crippen molar-refractivity contribution in [3.63, 3.8) is 0 Å². The van der Waals surface area contributed by atoms with Gasteiger partial charge in [-0.2, -0.15) is 3.89 Å². The van der Waals surface area contributed by atoms with Gasteiger partial charge in [-0.1, -0.05) is 58.0 Å². The Hall–Kier alpha value is -1.85. The van der Waals surface area contributed by atoms with Gasteiger partial charge in [0.2, 0.25) is 0 Å². The van der Waals surface area contributed by atoms with Crippen LogP contribution in [0, 0.1) is 0 Å². The van der Waals surface area contributed by atoms with Crippen LogP contribution in [0.1, 0.15) is 76.6 Å². The van der Waals surface area contributed by atoms with E-state index in [2.05, 4.69) is 67.3 Å². The smallest absolute Gasteiger partial charge is 0.109 e. The number of halogens is 1. The van der Waals surface area contributed by atoms with Gasteiger partial charge in [0.1, 0.15) is 5.60 Å². The molecule has 0 saturated heterocycles. The molecule has 3 nitrogen and oxygen atoms in total. The first-order valence-corrected chi connectivity index (χ1v) is 12.4. The summed E-state index contributed by atoms with van der Waals surface area (Å²) >= 11 is 0.481.